The molecule has 0 fully saturated rings. The molecule has 1 amide bonds. The Bertz CT molecular complexity index is 1510. The summed E-state index contributed by atoms with van der Waals surface area (Å²) in [5.41, 5.74) is 4.30. The predicted molar refractivity (Wildman–Crippen MR) is 153 cm³/mol. The van der Waals surface area contributed by atoms with E-state index < -0.39 is 5.91 Å². The van der Waals surface area contributed by atoms with E-state index in [4.69, 9.17) is 25.8 Å². The standard InChI is InChI=1S/C32H27ClN2O4/c1-22-6-8-23(9-7-22)20-38-29-13-11-28(12-14-29)35-32(36)26(19-34)16-24-10-15-30(31(18-24)37-2)39-21-25-4-3-5-27(33)17-25/h3-18H,20-21H2,1-2H3,(H,35,36)/b26-16+. The number of anilines is 1. The molecule has 4 aromatic carbocycles. The van der Waals surface area contributed by atoms with Crippen molar-refractivity contribution >= 4 is 29.3 Å². The van der Waals surface area contributed by atoms with Gasteiger partial charge in [0.15, 0.2) is 11.5 Å². The van der Waals surface area contributed by atoms with Crippen molar-refractivity contribution in [3.63, 3.8) is 0 Å². The Hall–Kier alpha value is -4.73. The van der Waals surface area contributed by atoms with Crippen molar-refractivity contribution in [1.29, 1.82) is 5.26 Å². The highest BCUT2D eigenvalue weighted by molar-refractivity contribution is 6.30. The number of hydrogen-bond acceptors (Lipinski definition) is 5. The first-order valence-electron chi connectivity index (χ1n) is 12.2. The zero-order valence-corrected chi connectivity index (χ0v) is 22.4. The number of benzene rings is 4. The molecular formula is C32H27ClN2O4. The number of nitriles is 1. The van der Waals surface area contributed by atoms with E-state index in [1.165, 1.54) is 18.7 Å². The molecule has 0 aromatic heterocycles. The number of aryl methyl sites for hydroxylation is 1. The molecule has 0 saturated carbocycles. The van der Waals surface area contributed by atoms with Crippen LogP contribution in [0.4, 0.5) is 5.69 Å². The number of methoxy groups -OCH3 is 1. The summed E-state index contributed by atoms with van der Waals surface area (Å²) in [6.45, 7) is 2.80. The Morgan fingerprint density at radius 1 is 0.897 bits per heavy atom. The second kappa shape index (κ2) is 13.2. The molecule has 0 saturated heterocycles. The van der Waals surface area contributed by atoms with Crippen molar-refractivity contribution in [2.24, 2.45) is 0 Å². The lowest BCUT2D eigenvalue weighted by atomic mass is 10.1. The highest BCUT2D eigenvalue weighted by atomic mass is 35.5. The largest absolute Gasteiger partial charge is 0.493 e. The molecule has 0 unspecified atom stereocenters. The number of halogens is 1. The van der Waals surface area contributed by atoms with Crippen molar-refractivity contribution < 1.29 is 19.0 Å². The van der Waals surface area contributed by atoms with Crippen LogP contribution in [0, 0.1) is 18.3 Å². The number of carbonyl (C=O) groups is 1. The number of ether oxygens (including phenoxy) is 3. The van der Waals surface area contributed by atoms with Crippen LogP contribution in [0.25, 0.3) is 6.08 Å². The molecule has 0 aliphatic rings. The molecular weight excluding hydrogens is 512 g/mol. The van der Waals surface area contributed by atoms with E-state index in [0.29, 0.717) is 46.7 Å². The summed E-state index contributed by atoms with van der Waals surface area (Å²) in [5.74, 6) is 1.16. The van der Waals surface area contributed by atoms with Crippen LogP contribution in [0.15, 0.2) is 96.6 Å². The summed E-state index contributed by atoms with van der Waals surface area (Å²) in [7, 11) is 1.53. The summed E-state index contributed by atoms with van der Waals surface area (Å²) in [4.78, 5) is 12.8. The molecule has 1 N–H and O–H groups in total. The maximum absolute atomic E-state index is 12.8. The van der Waals surface area contributed by atoms with Crippen LogP contribution in [0.1, 0.15) is 22.3 Å². The van der Waals surface area contributed by atoms with Crippen LogP contribution in [-0.2, 0) is 18.0 Å². The predicted octanol–water partition coefficient (Wildman–Crippen LogP) is 7.36. The third kappa shape index (κ3) is 7.88. The van der Waals surface area contributed by atoms with Crippen molar-refractivity contribution in [2.45, 2.75) is 20.1 Å². The zero-order chi connectivity index (χ0) is 27.6. The van der Waals surface area contributed by atoms with Crippen LogP contribution in [0.3, 0.4) is 0 Å². The monoisotopic (exact) mass is 538 g/mol. The molecule has 0 atom stereocenters. The molecule has 7 heteroatoms. The SMILES string of the molecule is COc1cc(/C=C(\C#N)C(=O)Nc2ccc(OCc3ccc(C)cc3)cc2)ccc1OCc1cccc(Cl)c1. The molecule has 0 aliphatic heterocycles. The summed E-state index contributed by atoms with van der Waals surface area (Å²) in [6.07, 6.45) is 1.50. The molecule has 4 aromatic rings. The summed E-state index contributed by atoms with van der Waals surface area (Å²) >= 11 is 6.04. The van der Waals surface area contributed by atoms with Gasteiger partial charge in [-0.05, 0) is 78.2 Å². The van der Waals surface area contributed by atoms with Gasteiger partial charge in [-0.1, -0.05) is 59.6 Å². The average Bonchev–Trinajstić information content (AvgIpc) is 2.95. The van der Waals surface area contributed by atoms with Gasteiger partial charge in [0, 0.05) is 10.7 Å². The first-order valence-corrected chi connectivity index (χ1v) is 12.6. The Labute approximate surface area is 233 Å². The fourth-order valence-corrected chi connectivity index (χ4v) is 3.89. The molecule has 39 heavy (non-hydrogen) atoms. The minimum atomic E-state index is -0.522. The second-order valence-electron chi connectivity index (χ2n) is 8.75. The minimum absolute atomic E-state index is 0.0515. The van der Waals surface area contributed by atoms with Crippen LogP contribution in [-0.4, -0.2) is 13.0 Å². The van der Waals surface area contributed by atoms with E-state index in [1.54, 1.807) is 48.5 Å². The van der Waals surface area contributed by atoms with E-state index >= 15 is 0 Å². The van der Waals surface area contributed by atoms with Gasteiger partial charge in [-0.3, -0.25) is 4.79 Å². The maximum atomic E-state index is 12.8. The van der Waals surface area contributed by atoms with E-state index in [9.17, 15) is 10.1 Å². The Morgan fingerprint density at radius 2 is 1.64 bits per heavy atom. The molecule has 0 spiro atoms. The number of carbonyl (C=O) groups excluding carboxylic acids is 1. The van der Waals surface area contributed by atoms with Crippen LogP contribution in [0.2, 0.25) is 5.02 Å². The minimum Gasteiger partial charge on any atom is -0.493 e. The van der Waals surface area contributed by atoms with E-state index in [-0.39, 0.29) is 5.57 Å². The first kappa shape index (κ1) is 27.3. The topological polar surface area (TPSA) is 80.6 Å². The highest BCUT2D eigenvalue weighted by Gasteiger charge is 2.12. The van der Waals surface area contributed by atoms with Gasteiger partial charge in [0.2, 0.25) is 0 Å². The second-order valence-corrected chi connectivity index (χ2v) is 9.19. The van der Waals surface area contributed by atoms with Crippen LogP contribution >= 0.6 is 11.6 Å². The number of amides is 1. The third-order valence-corrected chi connectivity index (χ3v) is 6.02. The Morgan fingerprint density at radius 3 is 2.33 bits per heavy atom. The quantitative estimate of drug-likeness (QED) is 0.168. The van der Waals surface area contributed by atoms with E-state index in [2.05, 4.69) is 5.32 Å². The molecule has 0 radical (unpaired) electrons. The van der Waals surface area contributed by atoms with Crippen LogP contribution in [0.5, 0.6) is 17.2 Å². The normalized spacial score (nSPS) is 10.9. The molecule has 196 valence electrons. The lowest BCUT2D eigenvalue weighted by Crippen LogP contribution is -2.13. The summed E-state index contributed by atoms with van der Waals surface area (Å²) < 4.78 is 17.2. The average molecular weight is 539 g/mol. The maximum Gasteiger partial charge on any atom is 0.266 e. The summed E-state index contributed by atoms with van der Waals surface area (Å²) in [6, 6.07) is 29.7. The first-order chi connectivity index (χ1) is 18.9. The number of nitrogens with zero attached hydrogens (tertiary/aromatic N) is 1. The lowest BCUT2D eigenvalue weighted by molar-refractivity contribution is -0.112. The Balaban J connectivity index is 1.37. The van der Waals surface area contributed by atoms with Crippen LogP contribution < -0.4 is 19.5 Å². The third-order valence-electron chi connectivity index (χ3n) is 5.79. The van der Waals surface area contributed by atoms with Gasteiger partial charge >= 0.3 is 0 Å². The van der Waals surface area contributed by atoms with Gasteiger partial charge in [-0.2, -0.15) is 5.26 Å². The van der Waals surface area contributed by atoms with Gasteiger partial charge in [0.05, 0.1) is 7.11 Å². The van der Waals surface area contributed by atoms with Gasteiger partial charge in [-0.25, -0.2) is 0 Å². The van der Waals surface area contributed by atoms with E-state index in [1.807, 2.05) is 55.5 Å². The molecule has 0 bridgehead atoms. The van der Waals surface area contributed by atoms with Gasteiger partial charge in [-0.15, -0.1) is 0 Å². The van der Waals surface area contributed by atoms with E-state index in [0.717, 1.165) is 11.1 Å². The van der Waals surface area contributed by atoms with Gasteiger partial charge < -0.3 is 19.5 Å². The Kier molecular flexibility index (Phi) is 9.23. The highest BCUT2D eigenvalue weighted by Crippen LogP contribution is 2.30. The van der Waals surface area contributed by atoms with Crippen molar-refractivity contribution in [2.75, 3.05) is 12.4 Å². The molecule has 0 heterocycles. The fourth-order valence-electron chi connectivity index (χ4n) is 3.68. The fraction of sp³-hybridized carbons (Fsp3) is 0.125. The number of rotatable bonds is 10. The van der Waals surface area contributed by atoms with Gasteiger partial charge in [0.25, 0.3) is 5.91 Å². The van der Waals surface area contributed by atoms with Crippen molar-refractivity contribution in [3.05, 3.63) is 124 Å². The molecule has 0 aliphatic carbocycles. The number of hydrogen-bond donors (Lipinski definition) is 1. The molecule has 6 nitrogen and oxygen atoms in total. The zero-order valence-electron chi connectivity index (χ0n) is 21.6. The summed E-state index contributed by atoms with van der Waals surface area (Å²) in [5, 5.41) is 13.0. The number of nitrogens with one attached hydrogen (secondary N) is 1. The molecule has 4 rings (SSSR count). The van der Waals surface area contributed by atoms with Crippen molar-refractivity contribution in [1.82, 2.24) is 0 Å². The van der Waals surface area contributed by atoms with Crippen molar-refractivity contribution in [3.8, 4) is 23.3 Å². The van der Waals surface area contributed by atoms with Gasteiger partial charge in [0.1, 0.15) is 30.6 Å². The lowest BCUT2D eigenvalue weighted by Gasteiger charge is -2.12. The smallest absolute Gasteiger partial charge is 0.266 e.